The van der Waals surface area contributed by atoms with Crippen LogP contribution in [0.2, 0.25) is 0 Å². The Hall–Kier alpha value is -3.85. The van der Waals surface area contributed by atoms with Gasteiger partial charge in [0.05, 0.1) is 16.7 Å². The van der Waals surface area contributed by atoms with Gasteiger partial charge in [0.15, 0.2) is 0 Å². The summed E-state index contributed by atoms with van der Waals surface area (Å²) >= 11 is 1.44. The second kappa shape index (κ2) is 9.79. The monoisotopic (exact) mass is 488 g/mol. The Morgan fingerprint density at radius 2 is 1.74 bits per heavy atom. The third kappa shape index (κ3) is 4.59. The van der Waals surface area contributed by atoms with E-state index in [1.807, 2.05) is 12.1 Å². The molecule has 3 heterocycles. The first-order chi connectivity index (χ1) is 17.0. The Morgan fingerprint density at radius 3 is 2.46 bits per heavy atom. The van der Waals surface area contributed by atoms with Crippen LogP contribution in [0.4, 0.5) is 5.00 Å². The molecule has 178 valence electrons. The number of nitrogens with one attached hydrogen (secondary N) is 2. The Balaban J connectivity index is 1.28. The highest BCUT2D eigenvalue weighted by Crippen LogP contribution is 2.38. The topological polar surface area (TPSA) is 108 Å². The maximum absolute atomic E-state index is 13.2. The molecule has 0 saturated heterocycles. The van der Waals surface area contributed by atoms with Crippen molar-refractivity contribution in [3.63, 3.8) is 0 Å². The van der Waals surface area contributed by atoms with Gasteiger partial charge in [0.1, 0.15) is 5.00 Å². The van der Waals surface area contributed by atoms with Gasteiger partial charge in [-0.1, -0.05) is 18.2 Å². The number of aromatic nitrogens is 1. The lowest BCUT2D eigenvalue weighted by Gasteiger charge is -2.14. The standard InChI is InChI=1S/C26H24N4O4S/c31-21(11-13-30-25(33)17-7-1-2-8-18(17)26(30)34)29-24-22(19-9-3-4-10-20(19)35-24)23(32)28-15-16-6-5-12-27-14-16/h1-2,5-8,12,14H,3-4,9-11,13,15H2,(H,28,32)(H,29,31). The summed E-state index contributed by atoms with van der Waals surface area (Å²) < 4.78 is 0. The average Bonchev–Trinajstić information content (AvgIpc) is 3.36. The number of pyridine rings is 1. The van der Waals surface area contributed by atoms with E-state index in [-0.39, 0.29) is 36.6 Å². The molecule has 5 rings (SSSR count). The molecule has 0 fully saturated rings. The Labute approximate surface area is 206 Å². The fraction of sp³-hybridized carbons (Fsp3) is 0.269. The number of carbonyl (C=O) groups excluding carboxylic acids is 4. The fourth-order valence-electron chi connectivity index (χ4n) is 4.51. The number of thiophene rings is 1. The van der Waals surface area contributed by atoms with E-state index < -0.39 is 0 Å². The number of hydrogen-bond donors (Lipinski definition) is 2. The SMILES string of the molecule is O=C(CCN1C(=O)c2ccccc2C1=O)Nc1sc2c(c1C(=O)NCc1cccnc1)CCCC2. The Bertz CT molecular complexity index is 1280. The van der Waals surface area contributed by atoms with Gasteiger partial charge in [-0.25, -0.2) is 0 Å². The second-order valence-electron chi connectivity index (χ2n) is 8.56. The smallest absolute Gasteiger partial charge is 0.261 e. The van der Waals surface area contributed by atoms with Crippen LogP contribution < -0.4 is 10.6 Å². The highest BCUT2D eigenvalue weighted by molar-refractivity contribution is 7.17. The second-order valence-corrected chi connectivity index (χ2v) is 9.67. The van der Waals surface area contributed by atoms with Crippen LogP contribution in [0.15, 0.2) is 48.8 Å². The molecule has 2 N–H and O–H groups in total. The third-order valence-electron chi connectivity index (χ3n) is 6.27. The molecule has 3 aromatic rings. The van der Waals surface area contributed by atoms with Crippen molar-refractivity contribution in [2.24, 2.45) is 0 Å². The minimum absolute atomic E-state index is 0.0220. The van der Waals surface area contributed by atoms with Gasteiger partial charge in [0, 0.05) is 36.8 Å². The van der Waals surface area contributed by atoms with Gasteiger partial charge in [0.2, 0.25) is 5.91 Å². The summed E-state index contributed by atoms with van der Waals surface area (Å²) in [6, 6.07) is 10.3. The first kappa shape index (κ1) is 22.9. The van der Waals surface area contributed by atoms with Crippen molar-refractivity contribution in [3.05, 3.63) is 81.5 Å². The van der Waals surface area contributed by atoms with Gasteiger partial charge in [-0.2, -0.15) is 0 Å². The molecule has 0 saturated carbocycles. The predicted octanol–water partition coefficient (Wildman–Crippen LogP) is 3.58. The van der Waals surface area contributed by atoms with Crippen LogP contribution in [0, 0.1) is 0 Å². The summed E-state index contributed by atoms with van der Waals surface area (Å²) in [5, 5.41) is 6.34. The molecular formula is C26H24N4O4S. The summed E-state index contributed by atoms with van der Waals surface area (Å²) in [7, 11) is 0. The van der Waals surface area contributed by atoms with Crippen molar-refractivity contribution in [1.29, 1.82) is 0 Å². The molecule has 0 radical (unpaired) electrons. The van der Waals surface area contributed by atoms with Gasteiger partial charge in [-0.05, 0) is 55.0 Å². The summed E-state index contributed by atoms with van der Waals surface area (Å²) in [4.78, 5) is 57.4. The summed E-state index contributed by atoms with van der Waals surface area (Å²) in [6.07, 6.45) is 7.06. The molecule has 1 aromatic carbocycles. The van der Waals surface area contributed by atoms with E-state index in [2.05, 4.69) is 15.6 Å². The average molecular weight is 489 g/mol. The number of anilines is 1. The predicted molar refractivity (Wildman–Crippen MR) is 131 cm³/mol. The van der Waals surface area contributed by atoms with Crippen molar-refractivity contribution in [1.82, 2.24) is 15.2 Å². The minimum Gasteiger partial charge on any atom is -0.348 e. The molecular weight excluding hydrogens is 464 g/mol. The molecule has 4 amide bonds. The molecule has 2 aliphatic rings. The molecule has 0 atom stereocenters. The maximum atomic E-state index is 13.2. The van der Waals surface area contributed by atoms with Crippen molar-refractivity contribution in [3.8, 4) is 0 Å². The molecule has 0 bridgehead atoms. The van der Waals surface area contributed by atoms with Gasteiger partial charge < -0.3 is 10.6 Å². The van der Waals surface area contributed by atoms with E-state index in [9.17, 15) is 19.2 Å². The van der Waals surface area contributed by atoms with Crippen molar-refractivity contribution in [2.45, 2.75) is 38.6 Å². The van der Waals surface area contributed by atoms with E-state index in [1.54, 1.807) is 36.7 Å². The van der Waals surface area contributed by atoms with E-state index >= 15 is 0 Å². The number of aryl methyl sites for hydroxylation is 1. The number of imide groups is 1. The lowest BCUT2D eigenvalue weighted by molar-refractivity contribution is -0.116. The van der Waals surface area contributed by atoms with E-state index in [0.29, 0.717) is 28.2 Å². The Kier molecular flexibility index (Phi) is 6.41. The van der Waals surface area contributed by atoms with E-state index in [1.165, 1.54) is 11.3 Å². The molecule has 8 nitrogen and oxygen atoms in total. The number of rotatable bonds is 7. The van der Waals surface area contributed by atoms with Crippen LogP contribution in [0.1, 0.15) is 66.3 Å². The number of nitrogens with zero attached hydrogens (tertiary/aromatic N) is 2. The molecule has 0 unspecified atom stereocenters. The largest absolute Gasteiger partial charge is 0.348 e. The molecule has 35 heavy (non-hydrogen) atoms. The summed E-state index contributed by atoms with van der Waals surface area (Å²) in [5.74, 6) is -1.36. The van der Waals surface area contributed by atoms with E-state index in [4.69, 9.17) is 0 Å². The number of amides is 4. The normalized spacial score (nSPS) is 14.5. The molecule has 1 aliphatic carbocycles. The number of benzene rings is 1. The van der Waals surface area contributed by atoms with Crippen molar-refractivity contribution >= 4 is 40.0 Å². The zero-order chi connectivity index (χ0) is 24.4. The van der Waals surface area contributed by atoms with Crippen molar-refractivity contribution in [2.75, 3.05) is 11.9 Å². The van der Waals surface area contributed by atoms with Crippen LogP contribution in [0.3, 0.4) is 0 Å². The van der Waals surface area contributed by atoms with Gasteiger partial charge in [-0.3, -0.25) is 29.1 Å². The molecule has 2 aromatic heterocycles. The van der Waals surface area contributed by atoms with Gasteiger partial charge in [0.25, 0.3) is 17.7 Å². The van der Waals surface area contributed by atoms with Crippen LogP contribution in [-0.2, 0) is 24.2 Å². The molecule has 1 aliphatic heterocycles. The number of fused-ring (bicyclic) bond motifs is 2. The maximum Gasteiger partial charge on any atom is 0.261 e. The van der Waals surface area contributed by atoms with Crippen LogP contribution in [-0.4, -0.2) is 40.1 Å². The van der Waals surface area contributed by atoms with Gasteiger partial charge >= 0.3 is 0 Å². The number of hydrogen-bond acceptors (Lipinski definition) is 6. The number of carbonyl (C=O) groups is 4. The van der Waals surface area contributed by atoms with Crippen molar-refractivity contribution < 1.29 is 19.2 Å². The molecule has 0 spiro atoms. The molecule has 9 heteroatoms. The van der Waals surface area contributed by atoms with Gasteiger partial charge in [-0.15, -0.1) is 11.3 Å². The quantitative estimate of drug-likeness (QED) is 0.494. The zero-order valence-electron chi connectivity index (χ0n) is 19.0. The summed E-state index contributed by atoms with van der Waals surface area (Å²) in [6.45, 7) is 0.316. The van der Waals surface area contributed by atoms with Crippen LogP contribution in [0.5, 0.6) is 0 Å². The first-order valence-electron chi connectivity index (χ1n) is 11.6. The minimum atomic E-state index is -0.388. The first-order valence-corrected chi connectivity index (χ1v) is 12.4. The highest BCUT2D eigenvalue weighted by Gasteiger charge is 2.35. The highest BCUT2D eigenvalue weighted by atomic mass is 32.1. The Morgan fingerprint density at radius 1 is 1.00 bits per heavy atom. The lowest BCUT2D eigenvalue weighted by atomic mass is 9.95. The third-order valence-corrected chi connectivity index (χ3v) is 7.48. The van der Waals surface area contributed by atoms with E-state index in [0.717, 1.165) is 46.6 Å². The summed E-state index contributed by atoms with van der Waals surface area (Å²) in [5.41, 5.74) is 3.12. The lowest BCUT2D eigenvalue weighted by Crippen LogP contribution is -2.33. The van der Waals surface area contributed by atoms with Crippen LogP contribution in [0.25, 0.3) is 0 Å². The zero-order valence-corrected chi connectivity index (χ0v) is 19.8. The fourth-order valence-corrected chi connectivity index (χ4v) is 5.82. The van der Waals surface area contributed by atoms with Crippen LogP contribution >= 0.6 is 11.3 Å².